The first-order valence-corrected chi connectivity index (χ1v) is 8.81. The van der Waals surface area contributed by atoms with Crippen molar-refractivity contribution in [3.05, 3.63) is 65.9 Å². The third kappa shape index (κ3) is 2.95. The van der Waals surface area contributed by atoms with Crippen LogP contribution >= 0.6 is 0 Å². The van der Waals surface area contributed by atoms with Gasteiger partial charge < -0.3 is 10.1 Å². The molecule has 1 heterocycles. The molecule has 0 unspecified atom stereocenters. The first-order chi connectivity index (χ1) is 12.0. The lowest BCUT2D eigenvalue weighted by molar-refractivity contribution is -0.433. The number of nitrogens with zero attached hydrogens (tertiary/aromatic N) is 1. The Morgan fingerprint density at radius 2 is 1.80 bits per heavy atom. The maximum atomic E-state index is 5.43. The van der Waals surface area contributed by atoms with Crippen molar-refractivity contribution in [2.45, 2.75) is 33.1 Å². The van der Waals surface area contributed by atoms with E-state index in [-0.39, 0.29) is 5.41 Å². The van der Waals surface area contributed by atoms with Crippen molar-refractivity contribution in [1.29, 1.82) is 0 Å². The molecule has 2 aromatic carbocycles. The van der Waals surface area contributed by atoms with E-state index in [2.05, 4.69) is 68.1 Å². The van der Waals surface area contributed by atoms with Gasteiger partial charge in [-0.2, -0.15) is 4.58 Å². The summed E-state index contributed by atoms with van der Waals surface area (Å²) in [6.45, 7) is 9.94. The first kappa shape index (κ1) is 17.3. The minimum atomic E-state index is -0.0182. The highest BCUT2D eigenvalue weighted by Gasteiger charge is 2.45. The molecular formula is C22H27N2O+. The van der Waals surface area contributed by atoms with Crippen LogP contribution in [0.3, 0.4) is 0 Å². The van der Waals surface area contributed by atoms with Gasteiger partial charge in [0.15, 0.2) is 5.71 Å². The van der Waals surface area contributed by atoms with Crippen molar-refractivity contribution >= 4 is 17.1 Å². The summed E-state index contributed by atoms with van der Waals surface area (Å²) in [4.78, 5) is 0. The molecule has 0 bridgehead atoms. The summed E-state index contributed by atoms with van der Waals surface area (Å²) in [7, 11) is 1.70. The Kier molecular flexibility index (Phi) is 4.67. The van der Waals surface area contributed by atoms with Crippen molar-refractivity contribution in [1.82, 2.24) is 0 Å². The molecule has 3 heteroatoms. The van der Waals surface area contributed by atoms with E-state index in [9.17, 15) is 0 Å². The van der Waals surface area contributed by atoms with E-state index in [0.29, 0.717) is 0 Å². The molecular weight excluding hydrogens is 308 g/mol. The van der Waals surface area contributed by atoms with E-state index in [1.807, 2.05) is 24.3 Å². The lowest BCUT2D eigenvalue weighted by Gasteiger charge is -2.18. The lowest BCUT2D eigenvalue weighted by atomic mass is 9.79. The van der Waals surface area contributed by atoms with E-state index in [1.165, 1.54) is 22.5 Å². The quantitative estimate of drug-likeness (QED) is 0.768. The zero-order valence-corrected chi connectivity index (χ0v) is 15.8. The molecule has 0 aliphatic carbocycles. The zero-order valence-electron chi connectivity index (χ0n) is 15.8. The Bertz CT molecular complexity index is 847. The highest BCUT2D eigenvalue weighted by atomic mass is 16.5. The summed E-state index contributed by atoms with van der Waals surface area (Å²) in [6.07, 6.45) is 2.09. The van der Waals surface area contributed by atoms with Gasteiger partial charge >= 0.3 is 0 Å². The Hall–Kier alpha value is -2.55. The van der Waals surface area contributed by atoms with E-state index in [1.54, 1.807) is 7.11 Å². The molecule has 0 atom stereocenters. The number of rotatable bonds is 5. The van der Waals surface area contributed by atoms with Gasteiger partial charge in [0.25, 0.3) is 0 Å². The van der Waals surface area contributed by atoms with E-state index >= 15 is 0 Å². The average molecular weight is 335 g/mol. The third-order valence-electron chi connectivity index (χ3n) is 4.97. The number of nitrogens with one attached hydrogen (secondary N) is 1. The smallest absolute Gasteiger partial charge is 0.209 e. The molecule has 0 amide bonds. The molecule has 0 spiro atoms. The van der Waals surface area contributed by atoms with Crippen molar-refractivity contribution in [2.75, 3.05) is 19.0 Å². The Morgan fingerprint density at radius 1 is 1.12 bits per heavy atom. The molecule has 0 aromatic heterocycles. The van der Waals surface area contributed by atoms with Crippen LogP contribution in [0, 0.1) is 0 Å². The Morgan fingerprint density at radius 3 is 2.52 bits per heavy atom. The standard InChI is InChI=1S/C22H26N2O/c1-6-24-19-13-9-7-11-17(19)22(3,4)21(24)16(2)15-23-18-12-8-10-14-20(18)25-5/h7-15H,6H2,1-5H3/p+1. The number of methoxy groups -OCH3 is 1. The number of fused-ring (bicyclic) bond motifs is 1. The van der Waals surface area contributed by atoms with Gasteiger partial charge in [-0.15, -0.1) is 0 Å². The monoisotopic (exact) mass is 335 g/mol. The van der Waals surface area contributed by atoms with Gasteiger partial charge in [0.2, 0.25) is 5.69 Å². The van der Waals surface area contributed by atoms with Gasteiger partial charge in [0, 0.05) is 23.4 Å². The number of hydrogen-bond acceptors (Lipinski definition) is 2. The molecule has 0 saturated heterocycles. The molecule has 2 aromatic rings. The molecule has 1 aliphatic rings. The largest absolute Gasteiger partial charge is 0.495 e. The maximum Gasteiger partial charge on any atom is 0.209 e. The normalized spacial score (nSPS) is 16.0. The van der Waals surface area contributed by atoms with E-state index < -0.39 is 0 Å². The summed E-state index contributed by atoms with van der Waals surface area (Å²) in [6, 6.07) is 16.7. The second-order valence-electron chi connectivity index (χ2n) is 6.91. The molecule has 1 N–H and O–H groups in total. The van der Waals surface area contributed by atoms with Gasteiger partial charge in [-0.1, -0.05) is 30.3 Å². The van der Waals surface area contributed by atoms with Gasteiger partial charge in [-0.25, -0.2) is 0 Å². The van der Waals surface area contributed by atoms with Crippen LogP contribution < -0.4 is 10.1 Å². The average Bonchev–Trinajstić information content (AvgIpc) is 2.87. The number of allylic oxidation sites excluding steroid dienone is 1. The number of benzene rings is 2. The second-order valence-corrected chi connectivity index (χ2v) is 6.91. The molecule has 0 saturated carbocycles. The molecule has 0 fully saturated rings. The molecule has 3 rings (SSSR count). The van der Waals surface area contributed by atoms with E-state index in [4.69, 9.17) is 4.74 Å². The Balaban J connectivity index is 2.00. The number of ether oxygens (including phenoxy) is 1. The predicted octanol–water partition coefficient (Wildman–Crippen LogP) is 5.11. The fourth-order valence-corrected chi connectivity index (χ4v) is 3.88. The lowest BCUT2D eigenvalue weighted by Crippen LogP contribution is -2.30. The van der Waals surface area contributed by atoms with Gasteiger partial charge in [-0.05, 0) is 39.8 Å². The van der Waals surface area contributed by atoms with Crippen molar-refractivity contribution in [2.24, 2.45) is 0 Å². The predicted molar refractivity (Wildman–Crippen MR) is 105 cm³/mol. The van der Waals surface area contributed by atoms with Crippen LogP contribution in [0.1, 0.15) is 33.3 Å². The van der Waals surface area contributed by atoms with Crippen molar-refractivity contribution in [3.63, 3.8) is 0 Å². The highest BCUT2D eigenvalue weighted by molar-refractivity contribution is 6.06. The molecule has 25 heavy (non-hydrogen) atoms. The summed E-state index contributed by atoms with van der Waals surface area (Å²) < 4.78 is 7.85. The van der Waals surface area contributed by atoms with Crippen molar-refractivity contribution in [3.8, 4) is 5.75 Å². The van der Waals surface area contributed by atoms with Crippen LogP contribution in [0.4, 0.5) is 11.4 Å². The maximum absolute atomic E-state index is 5.43. The van der Waals surface area contributed by atoms with Gasteiger partial charge in [0.05, 0.1) is 18.2 Å². The first-order valence-electron chi connectivity index (χ1n) is 8.81. The summed E-state index contributed by atoms with van der Waals surface area (Å²) >= 11 is 0. The fraction of sp³-hybridized carbons (Fsp3) is 0.318. The highest BCUT2D eigenvalue weighted by Crippen LogP contribution is 2.41. The molecule has 3 nitrogen and oxygen atoms in total. The Labute approximate surface area is 150 Å². The molecule has 130 valence electrons. The molecule has 0 radical (unpaired) electrons. The summed E-state index contributed by atoms with van der Waals surface area (Å²) in [5.41, 5.74) is 6.23. The van der Waals surface area contributed by atoms with Crippen LogP contribution in [-0.2, 0) is 5.41 Å². The van der Waals surface area contributed by atoms with Crippen LogP contribution in [0.25, 0.3) is 0 Å². The van der Waals surface area contributed by atoms with Gasteiger partial charge in [-0.3, -0.25) is 0 Å². The van der Waals surface area contributed by atoms with Crippen LogP contribution in [-0.4, -0.2) is 23.9 Å². The third-order valence-corrected chi connectivity index (χ3v) is 4.97. The molecule has 1 aliphatic heterocycles. The van der Waals surface area contributed by atoms with Gasteiger partial charge in [0.1, 0.15) is 12.3 Å². The number of anilines is 1. The topological polar surface area (TPSA) is 24.3 Å². The summed E-state index contributed by atoms with van der Waals surface area (Å²) in [5.74, 6) is 0.845. The number of para-hydroxylation sites is 3. The fourth-order valence-electron chi connectivity index (χ4n) is 3.88. The minimum Gasteiger partial charge on any atom is -0.495 e. The van der Waals surface area contributed by atoms with Crippen molar-refractivity contribution < 1.29 is 9.31 Å². The van der Waals surface area contributed by atoms with Crippen LogP contribution in [0.5, 0.6) is 5.75 Å². The SMILES string of the molecule is CC[N+]1=C(C(C)=CNc2ccccc2OC)C(C)(C)c2ccccc21. The zero-order chi connectivity index (χ0) is 18.0. The summed E-state index contributed by atoms with van der Waals surface area (Å²) in [5, 5.41) is 3.42. The van der Waals surface area contributed by atoms with Crippen LogP contribution in [0.2, 0.25) is 0 Å². The van der Waals surface area contributed by atoms with Crippen LogP contribution in [0.15, 0.2) is 60.3 Å². The second kappa shape index (κ2) is 6.75. The number of hydrogen-bond donors (Lipinski definition) is 1. The van der Waals surface area contributed by atoms with E-state index in [0.717, 1.165) is 18.0 Å². The minimum absolute atomic E-state index is 0.0182.